The second kappa shape index (κ2) is 8.46. The third-order valence-electron chi connectivity index (χ3n) is 6.58. The van der Waals surface area contributed by atoms with Gasteiger partial charge in [-0.3, -0.25) is 4.79 Å². The number of rotatable bonds is 5. The lowest BCUT2D eigenvalue weighted by atomic mass is 10.1. The zero-order valence-corrected chi connectivity index (χ0v) is 18.9. The first-order valence-corrected chi connectivity index (χ1v) is 11.4. The van der Waals surface area contributed by atoms with Crippen molar-refractivity contribution in [2.75, 3.05) is 49.8 Å². The second-order valence-electron chi connectivity index (χ2n) is 8.60. The monoisotopic (exact) mass is 455 g/mol. The molecule has 1 atom stereocenters. The number of anilines is 2. The maximum Gasteiger partial charge on any atom is 0.182 e. The van der Waals surface area contributed by atoms with Crippen molar-refractivity contribution in [1.82, 2.24) is 15.0 Å². The predicted octanol–water partition coefficient (Wildman–Crippen LogP) is 3.54. The zero-order chi connectivity index (χ0) is 23.1. The van der Waals surface area contributed by atoms with Gasteiger partial charge in [0.05, 0.1) is 44.8 Å². The minimum Gasteiger partial charge on any atom is -0.497 e. The van der Waals surface area contributed by atoms with E-state index in [1.807, 2.05) is 54.9 Å². The molecule has 8 nitrogen and oxygen atoms in total. The van der Waals surface area contributed by atoms with Gasteiger partial charge in [0.25, 0.3) is 0 Å². The Morgan fingerprint density at radius 1 is 1.24 bits per heavy atom. The highest BCUT2D eigenvalue weighted by Gasteiger charge is 2.35. The van der Waals surface area contributed by atoms with Crippen LogP contribution in [0, 0.1) is 0 Å². The molecular formula is C26H25N5O3. The lowest BCUT2D eigenvalue weighted by Gasteiger charge is -2.45. The van der Waals surface area contributed by atoms with Crippen LogP contribution in [0.4, 0.5) is 11.5 Å². The Bertz CT molecular complexity index is 1370. The van der Waals surface area contributed by atoms with Crippen molar-refractivity contribution in [2.45, 2.75) is 6.04 Å². The molecular weight excluding hydrogens is 430 g/mol. The number of nitrogens with one attached hydrogen (secondary N) is 1. The molecule has 8 heteroatoms. The number of ketones is 1. The molecule has 2 aromatic carbocycles. The topological polar surface area (TPSA) is 83.6 Å². The summed E-state index contributed by atoms with van der Waals surface area (Å²) < 4.78 is 11.1. The van der Waals surface area contributed by atoms with E-state index in [2.05, 4.69) is 14.8 Å². The molecule has 6 rings (SSSR count). The van der Waals surface area contributed by atoms with Gasteiger partial charge in [0.2, 0.25) is 0 Å². The fraction of sp³-hybridized carbons (Fsp3) is 0.269. The summed E-state index contributed by atoms with van der Waals surface area (Å²) in [5, 5.41) is 1.09. The van der Waals surface area contributed by atoms with E-state index in [9.17, 15) is 4.79 Å². The first-order chi connectivity index (χ1) is 16.7. The predicted molar refractivity (Wildman–Crippen MR) is 131 cm³/mol. The number of nitrogens with zero attached hydrogens (tertiary/aromatic N) is 4. The van der Waals surface area contributed by atoms with Gasteiger partial charge < -0.3 is 24.3 Å². The molecule has 0 aliphatic carbocycles. The third kappa shape index (κ3) is 3.56. The molecule has 1 saturated heterocycles. The lowest BCUT2D eigenvalue weighted by Crippen LogP contribution is -2.56. The minimum absolute atomic E-state index is 0.0243. The standard InChI is InChI=1S/C26H25N5O3/c1-33-19-5-2-4-17(12-19)24(32)15-30-14-18-16-34-11-10-31(18)26-23(30)13-28-25(29-26)21-6-3-7-22-20(21)8-9-27-22/h2-9,12-13,18,27H,10-11,14-16H2,1H3. The first kappa shape index (κ1) is 20.7. The van der Waals surface area contributed by atoms with Crippen LogP contribution in [0.3, 0.4) is 0 Å². The van der Waals surface area contributed by atoms with Crippen molar-refractivity contribution in [3.63, 3.8) is 0 Å². The molecule has 172 valence electrons. The van der Waals surface area contributed by atoms with Crippen LogP contribution in [0.5, 0.6) is 5.75 Å². The van der Waals surface area contributed by atoms with Crippen LogP contribution < -0.4 is 14.5 Å². The van der Waals surface area contributed by atoms with E-state index in [1.165, 1.54) is 0 Å². The molecule has 2 aliphatic rings. The number of methoxy groups -OCH3 is 1. The van der Waals surface area contributed by atoms with Crippen molar-refractivity contribution in [1.29, 1.82) is 0 Å². The number of ether oxygens (including phenoxy) is 2. The number of carbonyl (C=O) groups excluding carboxylic acids is 1. The number of benzene rings is 2. The number of Topliss-reactive ketones (excluding diaryl/α,β-unsaturated/α-hetero) is 1. The summed E-state index contributed by atoms with van der Waals surface area (Å²) in [7, 11) is 1.60. The molecule has 1 fully saturated rings. The van der Waals surface area contributed by atoms with Crippen LogP contribution >= 0.6 is 0 Å². The van der Waals surface area contributed by atoms with Crippen molar-refractivity contribution >= 4 is 28.2 Å². The van der Waals surface area contributed by atoms with Crippen LogP contribution in [-0.4, -0.2) is 66.7 Å². The number of carbonyl (C=O) groups is 1. The summed E-state index contributed by atoms with van der Waals surface area (Å²) in [6.45, 7) is 2.95. The molecule has 4 heterocycles. The second-order valence-corrected chi connectivity index (χ2v) is 8.60. The summed E-state index contributed by atoms with van der Waals surface area (Å²) in [4.78, 5) is 30.6. The molecule has 1 N–H and O–H groups in total. The van der Waals surface area contributed by atoms with Gasteiger partial charge in [-0.05, 0) is 24.3 Å². The summed E-state index contributed by atoms with van der Waals surface area (Å²) in [6, 6.07) is 15.5. The van der Waals surface area contributed by atoms with Crippen molar-refractivity contribution < 1.29 is 14.3 Å². The van der Waals surface area contributed by atoms with E-state index in [0.29, 0.717) is 36.9 Å². The highest BCUT2D eigenvalue weighted by atomic mass is 16.5. The van der Waals surface area contributed by atoms with Gasteiger partial charge in [0.15, 0.2) is 17.4 Å². The maximum absolute atomic E-state index is 13.2. The molecule has 2 aliphatic heterocycles. The highest BCUT2D eigenvalue weighted by Crippen LogP contribution is 2.37. The van der Waals surface area contributed by atoms with Crippen molar-refractivity contribution in [2.24, 2.45) is 0 Å². The normalized spacial score (nSPS) is 17.4. The van der Waals surface area contributed by atoms with Crippen LogP contribution in [0.2, 0.25) is 0 Å². The van der Waals surface area contributed by atoms with Gasteiger partial charge in [0.1, 0.15) is 5.75 Å². The fourth-order valence-electron chi connectivity index (χ4n) is 4.86. The third-order valence-corrected chi connectivity index (χ3v) is 6.58. The largest absolute Gasteiger partial charge is 0.497 e. The number of fused-ring (bicyclic) bond motifs is 4. The van der Waals surface area contributed by atoms with E-state index >= 15 is 0 Å². The molecule has 4 aromatic rings. The summed E-state index contributed by atoms with van der Waals surface area (Å²) >= 11 is 0. The molecule has 34 heavy (non-hydrogen) atoms. The van der Waals surface area contributed by atoms with Crippen LogP contribution in [0.25, 0.3) is 22.3 Å². The van der Waals surface area contributed by atoms with Crippen molar-refractivity contribution in [3.05, 3.63) is 66.5 Å². The Morgan fingerprint density at radius 3 is 3.06 bits per heavy atom. The van der Waals surface area contributed by atoms with Gasteiger partial charge >= 0.3 is 0 Å². The molecule has 0 bridgehead atoms. The first-order valence-electron chi connectivity index (χ1n) is 11.4. The lowest BCUT2D eigenvalue weighted by molar-refractivity contribution is 0.0916. The van der Waals surface area contributed by atoms with E-state index in [0.717, 1.165) is 34.5 Å². The van der Waals surface area contributed by atoms with Crippen LogP contribution in [0.1, 0.15) is 10.4 Å². The van der Waals surface area contributed by atoms with Gasteiger partial charge in [-0.1, -0.05) is 24.3 Å². The number of hydrogen-bond donors (Lipinski definition) is 1. The molecule has 0 radical (unpaired) electrons. The molecule has 0 saturated carbocycles. The Morgan fingerprint density at radius 2 is 2.15 bits per heavy atom. The highest BCUT2D eigenvalue weighted by molar-refractivity contribution is 6.00. The van der Waals surface area contributed by atoms with Gasteiger partial charge in [-0.15, -0.1) is 0 Å². The smallest absolute Gasteiger partial charge is 0.182 e. The van der Waals surface area contributed by atoms with E-state index in [4.69, 9.17) is 19.4 Å². The van der Waals surface area contributed by atoms with Gasteiger partial charge in [-0.25, -0.2) is 9.97 Å². The quantitative estimate of drug-likeness (QED) is 0.461. The fourth-order valence-corrected chi connectivity index (χ4v) is 4.86. The Hall–Kier alpha value is -3.91. The van der Waals surface area contributed by atoms with E-state index in [1.54, 1.807) is 13.2 Å². The number of aromatic amines is 1. The molecule has 1 unspecified atom stereocenters. The van der Waals surface area contributed by atoms with E-state index in [-0.39, 0.29) is 18.4 Å². The Balaban J connectivity index is 1.38. The summed E-state index contributed by atoms with van der Waals surface area (Å²) in [5.74, 6) is 2.23. The Labute approximate surface area is 197 Å². The average molecular weight is 456 g/mol. The zero-order valence-electron chi connectivity index (χ0n) is 18.9. The Kier molecular flexibility index (Phi) is 5.15. The molecule has 0 spiro atoms. The van der Waals surface area contributed by atoms with Gasteiger partial charge in [0, 0.05) is 41.3 Å². The number of H-pyrrole nitrogens is 1. The number of hydrogen-bond acceptors (Lipinski definition) is 7. The summed E-state index contributed by atoms with van der Waals surface area (Å²) in [5.41, 5.74) is 3.53. The maximum atomic E-state index is 13.2. The number of morpholine rings is 1. The summed E-state index contributed by atoms with van der Waals surface area (Å²) in [6.07, 6.45) is 3.78. The van der Waals surface area contributed by atoms with Gasteiger partial charge in [-0.2, -0.15) is 0 Å². The minimum atomic E-state index is 0.0243. The average Bonchev–Trinajstić information content (AvgIpc) is 3.38. The molecule has 0 amide bonds. The van der Waals surface area contributed by atoms with Crippen molar-refractivity contribution in [3.8, 4) is 17.1 Å². The SMILES string of the molecule is COc1cccc(C(=O)CN2CC3COCCN3c3nc(-c4cccc5[nH]ccc45)ncc32)c1. The van der Waals surface area contributed by atoms with Crippen LogP contribution in [0.15, 0.2) is 60.9 Å². The van der Waals surface area contributed by atoms with Crippen LogP contribution in [-0.2, 0) is 4.74 Å². The number of aromatic nitrogens is 3. The molecule has 2 aromatic heterocycles. The van der Waals surface area contributed by atoms with E-state index < -0.39 is 0 Å².